The van der Waals surface area contributed by atoms with Gasteiger partial charge in [-0.15, -0.1) is 0 Å². The maximum Gasteiger partial charge on any atom is 0.317 e. The van der Waals surface area contributed by atoms with Crippen molar-refractivity contribution in [2.24, 2.45) is 5.73 Å². The number of carboxylic acids is 1. The van der Waals surface area contributed by atoms with Crippen LogP contribution in [-0.2, 0) is 14.9 Å². The molecule has 7 heteroatoms. The summed E-state index contributed by atoms with van der Waals surface area (Å²) in [6.45, 7) is 1.56. The van der Waals surface area contributed by atoms with Crippen LogP contribution in [0.15, 0.2) is 29.2 Å². The van der Waals surface area contributed by atoms with Gasteiger partial charge in [-0.05, 0) is 19.1 Å². The van der Waals surface area contributed by atoms with Crippen LogP contribution in [0.2, 0.25) is 0 Å². The molecule has 1 rings (SSSR count). The molecule has 0 aromatic heterocycles. The number of aliphatic carboxylic acids is 1. The Hall–Kier alpha value is -1.44. The summed E-state index contributed by atoms with van der Waals surface area (Å²) in [4.78, 5) is 9.18. The number of nitrogens with two attached hydrogens (primary N) is 1. The molecule has 1 aromatic rings. The molecule has 0 fully saturated rings. The monoisotopic (exact) mass is 247 g/mol. The van der Waals surface area contributed by atoms with Gasteiger partial charge >= 0.3 is 5.97 Å². The van der Waals surface area contributed by atoms with Gasteiger partial charge in [0.05, 0.1) is 11.4 Å². The molecule has 0 atom stereocenters. The van der Waals surface area contributed by atoms with Crippen molar-refractivity contribution in [1.82, 2.24) is 0 Å². The van der Waals surface area contributed by atoms with Gasteiger partial charge in [0.2, 0.25) is 0 Å². The molecule has 0 saturated carbocycles. The average molecular weight is 247 g/mol. The number of aryl methyl sites for hydroxylation is 1. The van der Waals surface area contributed by atoms with Crippen molar-refractivity contribution in [1.29, 1.82) is 0 Å². The lowest BCUT2D eigenvalue weighted by Gasteiger charge is -1.95. The molecule has 1 aromatic carbocycles. The number of hydrogen-bond donors (Lipinski definition) is 3. The van der Waals surface area contributed by atoms with Gasteiger partial charge in [-0.2, -0.15) is 8.42 Å². The van der Waals surface area contributed by atoms with Crippen LogP contribution in [-0.4, -0.2) is 30.6 Å². The lowest BCUT2D eigenvalue weighted by atomic mass is 10.2. The van der Waals surface area contributed by atoms with E-state index in [4.69, 9.17) is 9.66 Å². The molecule has 0 spiro atoms. The molecule has 4 N–H and O–H groups in total. The van der Waals surface area contributed by atoms with Gasteiger partial charge in [-0.1, -0.05) is 17.7 Å². The molecular weight excluding hydrogens is 234 g/mol. The third kappa shape index (κ3) is 6.12. The topological polar surface area (TPSA) is 118 Å². The SMILES string of the molecule is Cc1ccc(S(=O)(=O)O)cc1.NCC(=O)O. The minimum Gasteiger partial charge on any atom is -0.480 e. The molecule has 0 aliphatic carbocycles. The first-order valence-electron chi connectivity index (χ1n) is 4.23. The van der Waals surface area contributed by atoms with E-state index in [1.807, 2.05) is 6.92 Å². The quantitative estimate of drug-likeness (QED) is 0.646. The second kappa shape index (κ2) is 6.21. The maximum absolute atomic E-state index is 10.5. The molecule has 90 valence electrons. The first kappa shape index (κ1) is 14.6. The molecule has 0 radical (unpaired) electrons. The summed E-state index contributed by atoms with van der Waals surface area (Å²) in [5.41, 5.74) is 5.53. The van der Waals surface area contributed by atoms with Crippen molar-refractivity contribution in [2.75, 3.05) is 6.54 Å². The Labute approximate surface area is 93.5 Å². The highest BCUT2D eigenvalue weighted by molar-refractivity contribution is 7.85. The maximum atomic E-state index is 10.5. The van der Waals surface area contributed by atoms with Crippen molar-refractivity contribution in [2.45, 2.75) is 11.8 Å². The predicted molar refractivity (Wildman–Crippen MR) is 57.7 cm³/mol. The van der Waals surface area contributed by atoms with Crippen molar-refractivity contribution in [3.05, 3.63) is 29.8 Å². The van der Waals surface area contributed by atoms with Crippen molar-refractivity contribution < 1.29 is 22.9 Å². The van der Waals surface area contributed by atoms with Crippen molar-refractivity contribution in [3.8, 4) is 0 Å². The fourth-order valence-corrected chi connectivity index (χ4v) is 1.19. The van der Waals surface area contributed by atoms with Crippen LogP contribution in [0.3, 0.4) is 0 Å². The van der Waals surface area contributed by atoms with Crippen LogP contribution in [0.1, 0.15) is 5.56 Å². The van der Waals surface area contributed by atoms with Gasteiger partial charge in [0.15, 0.2) is 0 Å². The highest BCUT2D eigenvalue weighted by atomic mass is 32.2. The van der Waals surface area contributed by atoms with E-state index in [0.717, 1.165) is 5.56 Å². The molecule has 0 bridgehead atoms. The largest absolute Gasteiger partial charge is 0.480 e. The van der Waals surface area contributed by atoms with Crippen LogP contribution in [0.25, 0.3) is 0 Å². The molecule has 16 heavy (non-hydrogen) atoms. The van der Waals surface area contributed by atoms with Gasteiger partial charge in [-0.3, -0.25) is 9.35 Å². The lowest BCUT2D eigenvalue weighted by Crippen LogP contribution is -2.10. The highest BCUT2D eigenvalue weighted by Crippen LogP contribution is 2.08. The summed E-state index contributed by atoms with van der Waals surface area (Å²) in [7, 11) is -4.02. The summed E-state index contributed by atoms with van der Waals surface area (Å²) in [5, 5.41) is 7.60. The minimum absolute atomic E-state index is 0.0666. The van der Waals surface area contributed by atoms with E-state index in [9.17, 15) is 13.2 Å². The molecule has 0 unspecified atom stereocenters. The fourth-order valence-electron chi connectivity index (χ4n) is 0.710. The molecule has 0 saturated heterocycles. The Kier molecular flexibility index (Phi) is 5.65. The van der Waals surface area contributed by atoms with Crippen LogP contribution < -0.4 is 5.73 Å². The van der Waals surface area contributed by atoms with Crippen molar-refractivity contribution in [3.63, 3.8) is 0 Å². The number of carbonyl (C=O) groups is 1. The summed E-state index contributed by atoms with van der Waals surface area (Å²) in [5.74, 6) is -0.968. The van der Waals surface area contributed by atoms with Crippen LogP contribution in [0.5, 0.6) is 0 Å². The van der Waals surface area contributed by atoms with Crippen molar-refractivity contribution >= 4 is 16.1 Å². The zero-order valence-electron chi connectivity index (χ0n) is 8.62. The van der Waals surface area contributed by atoms with Gasteiger partial charge in [0.1, 0.15) is 0 Å². The van der Waals surface area contributed by atoms with Gasteiger partial charge in [-0.25, -0.2) is 0 Å². The molecular formula is C9H13NO5S. The normalized spacial score (nSPS) is 10.2. The first-order chi connectivity index (χ1) is 7.27. The van der Waals surface area contributed by atoms with E-state index in [-0.39, 0.29) is 11.4 Å². The Morgan fingerprint density at radius 2 is 1.69 bits per heavy atom. The summed E-state index contributed by atoms with van der Waals surface area (Å²) in [6.07, 6.45) is 0. The zero-order valence-corrected chi connectivity index (χ0v) is 9.44. The van der Waals surface area contributed by atoms with Gasteiger partial charge < -0.3 is 10.8 Å². The van der Waals surface area contributed by atoms with Crippen LogP contribution >= 0.6 is 0 Å². The molecule has 0 aliphatic rings. The Morgan fingerprint density at radius 3 is 1.94 bits per heavy atom. The molecule has 0 heterocycles. The van der Waals surface area contributed by atoms with E-state index in [2.05, 4.69) is 5.73 Å². The van der Waals surface area contributed by atoms with Crippen LogP contribution in [0, 0.1) is 6.92 Å². The second-order valence-corrected chi connectivity index (χ2v) is 4.31. The fraction of sp³-hybridized carbons (Fsp3) is 0.222. The summed E-state index contributed by atoms with van der Waals surface area (Å²) >= 11 is 0. The van der Waals surface area contributed by atoms with E-state index >= 15 is 0 Å². The third-order valence-corrected chi connectivity index (χ3v) is 2.36. The standard InChI is InChI=1S/C7H8O3S.C2H5NO2/c1-6-2-4-7(5-3-6)11(8,9)10;3-1-2(4)5/h2-5H,1H3,(H,8,9,10);1,3H2,(H,4,5). The van der Waals surface area contributed by atoms with Gasteiger partial charge in [0, 0.05) is 0 Å². The Morgan fingerprint density at radius 1 is 1.31 bits per heavy atom. The van der Waals surface area contributed by atoms with E-state index in [0.29, 0.717) is 0 Å². The van der Waals surface area contributed by atoms with E-state index in [1.54, 1.807) is 12.1 Å². The first-order valence-corrected chi connectivity index (χ1v) is 5.67. The predicted octanol–water partition coefficient (Wildman–Crippen LogP) is 0.271. The highest BCUT2D eigenvalue weighted by Gasteiger charge is 2.06. The Balaban J connectivity index is 0.000000385. The molecule has 0 amide bonds. The minimum atomic E-state index is -4.02. The van der Waals surface area contributed by atoms with E-state index < -0.39 is 16.1 Å². The summed E-state index contributed by atoms with van der Waals surface area (Å²) in [6, 6.07) is 5.99. The number of carboxylic acid groups (broad SMARTS) is 1. The molecule has 0 aliphatic heterocycles. The number of hydrogen-bond acceptors (Lipinski definition) is 4. The summed E-state index contributed by atoms with van der Waals surface area (Å²) < 4.78 is 29.6. The second-order valence-electron chi connectivity index (χ2n) is 2.89. The van der Waals surface area contributed by atoms with Crippen LogP contribution in [0.4, 0.5) is 0 Å². The smallest absolute Gasteiger partial charge is 0.317 e. The third-order valence-electron chi connectivity index (χ3n) is 1.49. The lowest BCUT2D eigenvalue weighted by molar-refractivity contribution is -0.135. The number of benzene rings is 1. The Bertz CT molecular complexity index is 437. The van der Waals surface area contributed by atoms with Gasteiger partial charge in [0.25, 0.3) is 10.1 Å². The van der Waals surface area contributed by atoms with E-state index in [1.165, 1.54) is 12.1 Å². The average Bonchev–Trinajstić information content (AvgIpc) is 2.18. The number of rotatable bonds is 2. The zero-order chi connectivity index (χ0) is 12.8. The molecule has 6 nitrogen and oxygen atoms in total.